The molecule has 0 saturated carbocycles. The van der Waals surface area contributed by atoms with Crippen LogP contribution in [0.2, 0.25) is 0 Å². The summed E-state index contributed by atoms with van der Waals surface area (Å²) in [6, 6.07) is 7.65. The Hall–Kier alpha value is -0.590. The molecule has 1 unspecified atom stereocenters. The molecule has 24 heavy (non-hydrogen) atoms. The van der Waals surface area contributed by atoms with Crippen molar-refractivity contribution in [2.75, 3.05) is 18.1 Å². The molecule has 0 aliphatic rings. The van der Waals surface area contributed by atoms with Crippen molar-refractivity contribution in [2.24, 2.45) is 0 Å². The van der Waals surface area contributed by atoms with Crippen LogP contribution in [-0.2, 0) is 21.1 Å². The highest BCUT2D eigenvalue weighted by Crippen LogP contribution is 2.47. The fourth-order valence-corrected chi connectivity index (χ4v) is 2.89. The van der Waals surface area contributed by atoms with Crippen LogP contribution >= 0.6 is 17.9 Å². The SMILES string of the molecule is CC(C)c1ccccc1N(CCOP(O)(=S)S)C(=O)OC(C)(C)C. The van der Waals surface area contributed by atoms with Gasteiger partial charge in [0.2, 0.25) is 5.69 Å². The molecule has 0 aliphatic heterocycles. The zero-order valence-corrected chi connectivity index (χ0v) is 17.3. The van der Waals surface area contributed by atoms with Crippen LogP contribution < -0.4 is 4.90 Å². The molecule has 0 bridgehead atoms. The van der Waals surface area contributed by atoms with Gasteiger partial charge in [0.15, 0.2) is 0 Å². The predicted octanol–water partition coefficient (Wildman–Crippen LogP) is 4.71. The van der Waals surface area contributed by atoms with Gasteiger partial charge < -0.3 is 14.2 Å². The lowest BCUT2D eigenvalue weighted by atomic mass is 10.0. The third-order valence-corrected chi connectivity index (χ3v) is 4.22. The van der Waals surface area contributed by atoms with Crippen LogP contribution in [0.4, 0.5) is 10.5 Å². The maximum Gasteiger partial charge on any atom is 0.414 e. The van der Waals surface area contributed by atoms with E-state index in [2.05, 4.69) is 26.1 Å². The molecule has 1 N–H and O–H groups in total. The topological polar surface area (TPSA) is 59.0 Å². The molecule has 0 saturated heterocycles. The van der Waals surface area contributed by atoms with E-state index in [9.17, 15) is 9.69 Å². The molecule has 0 fully saturated rings. The average molecular weight is 391 g/mol. The number of hydrogen-bond donors (Lipinski definition) is 2. The molecule has 0 spiro atoms. The van der Waals surface area contributed by atoms with Gasteiger partial charge in [-0.25, -0.2) is 4.79 Å². The number of rotatable bonds is 6. The fourth-order valence-electron chi connectivity index (χ4n) is 2.10. The van der Waals surface area contributed by atoms with Crippen LogP contribution in [-0.4, -0.2) is 29.7 Å². The molecule has 1 amide bonds. The minimum absolute atomic E-state index is 0.0724. The van der Waals surface area contributed by atoms with Crippen LogP contribution in [0.15, 0.2) is 24.3 Å². The molecule has 5 nitrogen and oxygen atoms in total. The van der Waals surface area contributed by atoms with Gasteiger partial charge in [-0.1, -0.05) is 44.3 Å². The third-order valence-electron chi connectivity index (χ3n) is 3.04. The van der Waals surface area contributed by atoms with Gasteiger partial charge in [-0.3, -0.25) is 4.90 Å². The highest BCUT2D eigenvalue weighted by molar-refractivity contribution is 8.59. The Kier molecular flexibility index (Phi) is 7.75. The molecule has 0 radical (unpaired) electrons. The number of thiol groups is 1. The number of amides is 1. The smallest absolute Gasteiger partial charge is 0.414 e. The second-order valence-electron chi connectivity index (χ2n) is 6.67. The highest BCUT2D eigenvalue weighted by Gasteiger charge is 2.25. The molecule has 0 aromatic heterocycles. The predicted molar refractivity (Wildman–Crippen MR) is 106 cm³/mol. The summed E-state index contributed by atoms with van der Waals surface area (Å²) in [5, 5.41) is 0. The van der Waals surface area contributed by atoms with E-state index in [-0.39, 0.29) is 19.1 Å². The highest BCUT2D eigenvalue weighted by atomic mass is 32.9. The molecular weight excluding hydrogens is 365 g/mol. The van der Waals surface area contributed by atoms with Gasteiger partial charge in [0.05, 0.1) is 18.8 Å². The van der Waals surface area contributed by atoms with Crippen molar-refractivity contribution in [1.82, 2.24) is 0 Å². The largest absolute Gasteiger partial charge is 0.443 e. The van der Waals surface area contributed by atoms with Gasteiger partial charge in [0.1, 0.15) is 5.60 Å². The fraction of sp³-hybridized carbons (Fsp3) is 0.562. The molecule has 8 heteroatoms. The Labute approximate surface area is 154 Å². The van der Waals surface area contributed by atoms with Crippen LogP contribution in [0.3, 0.4) is 0 Å². The van der Waals surface area contributed by atoms with Crippen molar-refractivity contribution in [3.05, 3.63) is 29.8 Å². The summed E-state index contributed by atoms with van der Waals surface area (Å²) in [5.74, 6) is 0.236. The van der Waals surface area contributed by atoms with E-state index in [1.807, 2.05) is 45.0 Å². The van der Waals surface area contributed by atoms with E-state index >= 15 is 0 Å². The number of ether oxygens (including phenoxy) is 1. The molecule has 1 atom stereocenters. The van der Waals surface area contributed by atoms with Crippen molar-refractivity contribution in [2.45, 2.75) is 46.1 Å². The molecular formula is C16H26NO4PS2. The van der Waals surface area contributed by atoms with E-state index in [0.29, 0.717) is 0 Å². The van der Waals surface area contributed by atoms with Gasteiger partial charge in [0, 0.05) is 0 Å². The van der Waals surface area contributed by atoms with Crippen molar-refractivity contribution < 1.29 is 18.9 Å². The van der Waals surface area contributed by atoms with Gasteiger partial charge in [0.25, 0.3) is 0 Å². The summed E-state index contributed by atoms with van der Waals surface area (Å²) in [5.41, 5.74) is -1.89. The van der Waals surface area contributed by atoms with Crippen molar-refractivity contribution in [3.8, 4) is 0 Å². The Morgan fingerprint density at radius 3 is 2.46 bits per heavy atom. The Balaban J connectivity index is 3.09. The first kappa shape index (κ1) is 21.5. The number of carbonyl (C=O) groups excluding carboxylic acids is 1. The number of benzene rings is 1. The lowest BCUT2D eigenvalue weighted by Gasteiger charge is -2.29. The Bertz CT molecular complexity index is 610. The van der Waals surface area contributed by atoms with Crippen molar-refractivity contribution >= 4 is 41.5 Å². The lowest BCUT2D eigenvalue weighted by Crippen LogP contribution is -2.39. The summed E-state index contributed by atoms with van der Waals surface area (Å²) in [4.78, 5) is 23.7. The molecule has 0 aliphatic carbocycles. The molecule has 136 valence electrons. The zero-order chi connectivity index (χ0) is 18.5. The monoisotopic (exact) mass is 391 g/mol. The quantitative estimate of drug-likeness (QED) is 0.543. The first-order valence-electron chi connectivity index (χ1n) is 7.70. The number of anilines is 1. The Morgan fingerprint density at radius 1 is 1.38 bits per heavy atom. The van der Waals surface area contributed by atoms with E-state index in [1.54, 1.807) is 0 Å². The Morgan fingerprint density at radius 2 is 1.96 bits per heavy atom. The minimum atomic E-state index is -3.07. The van der Waals surface area contributed by atoms with Gasteiger partial charge in [-0.15, -0.1) is 0 Å². The van der Waals surface area contributed by atoms with Crippen LogP contribution in [0, 0.1) is 0 Å². The van der Waals surface area contributed by atoms with Crippen LogP contribution in [0.1, 0.15) is 46.1 Å². The first-order chi connectivity index (χ1) is 10.9. The van der Waals surface area contributed by atoms with Gasteiger partial charge >= 0.3 is 6.09 Å². The normalized spacial score (nSPS) is 14.3. The van der Waals surface area contributed by atoms with Gasteiger partial charge in [-0.05, 0) is 50.1 Å². The van der Waals surface area contributed by atoms with Crippen molar-refractivity contribution in [3.63, 3.8) is 0 Å². The number of hydrogen-bond acceptors (Lipinski definition) is 4. The molecule has 1 rings (SSSR count). The van der Waals surface area contributed by atoms with E-state index in [4.69, 9.17) is 21.1 Å². The summed E-state index contributed by atoms with van der Waals surface area (Å²) >= 11 is 8.59. The third kappa shape index (κ3) is 7.53. The molecule has 0 heterocycles. The maximum atomic E-state index is 12.6. The number of carbonyl (C=O) groups is 1. The number of nitrogens with zero attached hydrogens (tertiary/aromatic N) is 1. The first-order valence-corrected chi connectivity index (χ1v) is 11.5. The summed E-state index contributed by atoms with van der Waals surface area (Å²) in [7, 11) is 0. The second kappa shape index (κ2) is 8.68. The van der Waals surface area contributed by atoms with Gasteiger partial charge in [-0.2, -0.15) is 0 Å². The van der Waals surface area contributed by atoms with E-state index in [1.165, 1.54) is 4.90 Å². The number of para-hydroxylation sites is 1. The van der Waals surface area contributed by atoms with Crippen molar-refractivity contribution in [1.29, 1.82) is 0 Å². The van der Waals surface area contributed by atoms with Crippen LogP contribution in [0.25, 0.3) is 0 Å². The minimum Gasteiger partial charge on any atom is -0.443 e. The summed E-state index contributed by atoms with van der Waals surface area (Å²) < 4.78 is 10.7. The summed E-state index contributed by atoms with van der Waals surface area (Å²) in [6.07, 6.45) is -0.468. The second-order valence-corrected chi connectivity index (χ2v) is 11.8. The average Bonchev–Trinajstić information content (AvgIpc) is 2.40. The zero-order valence-electron chi connectivity index (χ0n) is 14.7. The van der Waals surface area contributed by atoms with Crippen LogP contribution in [0.5, 0.6) is 0 Å². The van der Waals surface area contributed by atoms with E-state index < -0.39 is 17.4 Å². The lowest BCUT2D eigenvalue weighted by molar-refractivity contribution is 0.0575. The van der Waals surface area contributed by atoms with E-state index in [0.717, 1.165) is 11.3 Å². The summed E-state index contributed by atoms with van der Waals surface area (Å²) in [6.45, 7) is 9.84. The molecule has 1 aromatic carbocycles. The molecule has 1 aromatic rings. The maximum absolute atomic E-state index is 12.6. The standard InChI is InChI=1S/C16H26NO4PS2/c1-12(2)13-8-6-7-9-14(13)17(10-11-20-22(19,23)24)15(18)21-16(3,4)5/h6-9,12H,10-11H2,1-5H3,(H2,19,23,24).